The molecular weight excluding hydrogens is 499 g/mol. The van der Waals surface area contributed by atoms with E-state index in [0.717, 1.165) is 0 Å². The molecule has 37 heavy (non-hydrogen) atoms. The van der Waals surface area contributed by atoms with Gasteiger partial charge in [-0.25, -0.2) is 12.8 Å². The molecule has 5 rings (SSSR count). The van der Waals surface area contributed by atoms with E-state index < -0.39 is 21.7 Å². The Bertz CT molecular complexity index is 1610. The molecule has 2 aromatic heterocycles. The Balaban J connectivity index is 1.66. The Morgan fingerprint density at radius 2 is 1.84 bits per heavy atom. The van der Waals surface area contributed by atoms with Crippen molar-refractivity contribution in [3.8, 4) is 28.3 Å². The Labute approximate surface area is 212 Å². The highest BCUT2D eigenvalue weighted by atomic mass is 32.2. The fraction of sp³-hybridized carbons (Fsp3) is 0.240. The maximum atomic E-state index is 14.8. The number of rotatable bonds is 6. The van der Waals surface area contributed by atoms with Crippen molar-refractivity contribution >= 4 is 32.5 Å². The first-order valence-corrected chi connectivity index (χ1v) is 13.3. The summed E-state index contributed by atoms with van der Waals surface area (Å²) in [6.07, 6.45) is 2.73. The van der Waals surface area contributed by atoms with Gasteiger partial charge in [0.05, 0.1) is 41.9 Å². The number of amides is 1. The van der Waals surface area contributed by atoms with Gasteiger partial charge in [0.25, 0.3) is 0 Å². The summed E-state index contributed by atoms with van der Waals surface area (Å²) in [5.74, 6) is -0.787. The van der Waals surface area contributed by atoms with E-state index in [1.807, 2.05) is 11.0 Å². The largest absolute Gasteiger partial charge is 0.496 e. The number of aromatic nitrogens is 3. The third-order valence-corrected chi connectivity index (χ3v) is 7.79. The third kappa shape index (κ3) is 4.49. The molecule has 0 aliphatic carbocycles. The van der Waals surface area contributed by atoms with E-state index >= 15 is 0 Å². The van der Waals surface area contributed by atoms with E-state index in [0.29, 0.717) is 65.5 Å². The molecule has 0 bridgehead atoms. The molecule has 2 aromatic carbocycles. The van der Waals surface area contributed by atoms with Crippen LogP contribution in [-0.2, 0) is 10.0 Å². The average Bonchev–Trinajstić information content (AvgIpc) is 3.30. The summed E-state index contributed by atoms with van der Waals surface area (Å²) < 4.78 is 45.5. The topological polar surface area (TPSA) is 135 Å². The van der Waals surface area contributed by atoms with Crippen LogP contribution in [0.25, 0.3) is 33.4 Å². The molecule has 3 N–H and O–H groups in total. The van der Waals surface area contributed by atoms with Gasteiger partial charge in [0.2, 0.25) is 15.9 Å². The number of hydrogen-bond acceptors (Lipinski definition) is 7. The molecule has 0 unspecified atom stereocenters. The number of carbonyl (C=O) groups is 1. The molecule has 10 nitrogen and oxygen atoms in total. The summed E-state index contributed by atoms with van der Waals surface area (Å²) in [7, 11) is -1.85. The Morgan fingerprint density at radius 3 is 2.51 bits per heavy atom. The summed E-state index contributed by atoms with van der Waals surface area (Å²) >= 11 is 0. The number of pyridine rings is 1. The quantitative estimate of drug-likeness (QED) is 0.396. The summed E-state index contributed by atoms with van der Waals surface area (Å²) in [5, 5.41) is 8.03. The van der Waals surface area contributed by atoms with Crippen molar-refractivity contribution in [1.82, 2.24) is 19.5 Å². The normalized spacial score (nSPS) is 14.7. The van der Waals surface area contributed by atoms with E-state index in [9.17, 15) is 17.6 Å². The lowest BCUT2D eigenvalue weighted by molar-refractivity contribution is 0.100. The van der Waals surface area contributed by atoms with E-state index in [2.05, 4.69) is 15.2 Å². The van der Waals surface area contributed by atoms with Gasteiger partial charge < -0.3 is 15.4 Å². The molecule has 0 spiro atoms. The zero-order valence-electron chi connectivity index (χ0n) is 20.2. The number of nitrogens with two attached hydrogens (primary N) is 1. The molecule has 192 valence electrons. The number of benzene rings is 2. The molecule has 1 fully saturated rings. The lowest BCUT2D eigenvalue weighted by Gasteiger charge is -2.36. The number of nitrogens with one attached hydrogen (secondary N) is 1. The summed E-state index contributed by atoms with van der Waals surface area (Å²) in [6.45, 7) is 1.46. The number of H-pyrrole nitrogens is 1. The number of carbonyl (C=O) groups excluding carboxylic acids is 1. The number of nitrogens with zero attached hydrogens (tertiary/aromatic N) is 4. The number of anilines is 1. The fourth-order valence-corrected chi connectivity index (χ4v) is 5.51. The van der Waals surface area contributed by atoms with Gasteiger partial charge in [-0.1, -0.05) is 12.1 Å². The SMILES string of the molecule is COc1cccc(F)c1-c1cc2c(-c3c(C(N)=O)cccc3N3CCN(S(C)(=O)=O)CC3)n[nH]c2cn1. The molecule has 0 radical (unpaired) electrons. The maximum Gasteiger partial charge on any atom is 0.249 e. The van der Waals surface area contributed by atoms with Crippen molar-refractivity contribution in [3.63, 3.8) is 0 Å². The first kappa shape index (κ1) is 24.7. The van der Waals surface area contributed by atoms with Crippen LogP contribution < -0.4 is 15.4 Å². The molecule has 4 aromatic rings. The Kier molecular flexibility index (Phi) is 6.30. The number of halogens is 1. The van der Waals surface area contributed by atoms with Crippen LogP contribution in [0.4, 0.5) is 10.1 Å². The molecular formula is C25H25FN6O4S. The zero-order valence-corrected chi connectivity index (χ0v) is 21.0. The summed E-state index contributed by atoms with van der Waals surface area (Å²) in [4.78, 5) is 18.9. The van der Waals surface area contributed by atoms with Crippen molar-refractivity contribution in [2.24, 2.45) is 5.73 Å². The lowest BCUT2D eigenvalue weighted by atomic mass is 9.97. The highest BCUT2D eigenvalue weighted by Gasteiger charge is 2.28. The molecule has 1 saturated heterocycles. The minimum Gasteiger partial charge on any atom is -0.496 e. The number of hydrogen-bond donors (Lipinski definition) is 2. The second-order valence-electron chi connectivity index (χ2n) is 8.72. The predicted molar refractivity (Wildman–Crippen MR) is 138 cm³/mol. The van der Waals surface area contributed by atoms with Crippen molar-refractivity contribution in [3.05, 3.63) is 60.0 Å². The van der Waals surface area contributed by atoms with Crippen LogP contribution in [0.1, 0.15) is 10.4 Å². The van der Waals surface area contributed by atoms with Gasteiger partial charge in [-0.2, -0.15) is 9.40 Å². The van der Waals surface area contributed by atoms with E-state index in [-0.39, 0.29) is 11.1 Å². The first-order valence-electron chi connectivity index (χ1n) is 11.5. The first-order chi connectivity index (χ1) is 17.7. The monoisotopic (exact) mass is 524 g/mol. The molecule has 12 heteroatoms. The molecule has 1 aliphatic rings. The zero-order chi connectivity index (χ0) is 26.3. The van der Waals surface area contributed by atoms with Gasteiger partial charge in [-0.15, -0.1) is 0 Å². The lowest BCUT2D eigenvalue weighted by Crippen LogP contribution is -2.48. The molecule has 1 amide bonds. The molecule has 1 aliphatic heterocycles. The van der Waals surface area contributed by atoms with Gasteiger partial charge in [0.15, 0.2) is 0 Å². The smallest absolute Gasteiger partial charge is 0.249 e. The van der Waals surface area contributed by atoms with Crippen molar-refractivity contribution in [2.45, 2.75) is 0 Å². The number of sulfonamides is 1. The number of aromatic amines is 1. The van der Waals surface area contributed by atoms with Crippen LogP contribution in [0.15, 0.2) is 48.7 Å². The van der Waals surface area contributed by atoms with Crippen LogP contribution in [0.3, 0.4) is 0 Å². The fourth-order valence-electron chi connectivity index (χ4n) is 4.69. The van der Waals surface area contributed by atoms with Crippen LogP contribution in [0.5, 0.6) is 5.75 Å². The van der Waals surface area contributed by atoms with E-state index in [1.54, 1.807) is 36.5 Å². The van der Waals surface area contributed by atoms with Crippen molar-refractivity contribution in [1.29, 1.82) is 0 Å². The summed E-state index contributed by atoms with van der Waals surface area (Å²) in [6, 6.07) is 11.4. The van der Waals surface area contributed by atoms with Crippen molar-refractivity contribution < 1.29 is 22.3 Å². The van der Waals surface area contributed by atoms with Crippen molar-refractivity contribution in [2.75, 3.05) is 44.4 Å². The number of methoxy groups -OCH3 is 1. The standard InChI is InChI=1S/C25H25FN6O4S/c1-36-21-8-4-6-17(26)23(21)18-13-16-19(14-28-18)29-30-24(16)22-15(25(27)33)5-3-7-20(22)31-9-11-32(12-10-31)37(2,34)35/h3-8,13-14H,9-12H2,1-2H3,(H2,27,33)(H,29,30). The highest BCUT2D eigenvalue weighted by molar-refractivity contribution is 7.88. The number of piperazine rings is 1. The van der Waals surface area contributed by atoms with Crippen LogP contribution in [-0.4, -0.2) is 73.4 Å². The summed E-state index contributed by atoms with van der Waals surface area (Å²) in [5.41, 5.74) is 8.80. The number of ether oxygens (including phenoxy) is 1. The predicted octanol–water partition coefficient (Wildman–Crippen LogP) is 2.62. The third-order valence-electron chi connectivity index (χ3n) is 6.49. The van der Waals surface area contributed by atoms with Gasteiger partial charge in [-0.3, -0.25) is 14.9 Å². The van der Waals surface area contributed by atoms with Crippen LogP contribution in [0, 0.1) is 5.82 Å². The Morgan fingerprint density at radius 1 is 1.11 bits per heavy atom. The minimum absolute atomic E-state index is 0.208. The second kappa shape index (κ2) is 9.45. The van der Waals surface area contributed by atoms with Gasteiger partial charge in [0.1, 0.15) is 17.3 Å². The maximum absolute atomic E-state index is 14.8. The highest BCUT2D eigenvalue weighted by Crippen LogP contribution is 2.39. The molecule has 0 atom stereocenters. The number of primary amides is 1. The van der Waals surface area contributed by atoms with Crippen LogP contribution >= 0.6 is 0 Å². The van der Waals surface area contributed by atoms with Gasteiger partial charge >= 0.3 is 0 Å². The van der Waals surface area contributed by atoms with E-state index in [4.69, 9.17) is 10.5 Å². The molecule has 3 heterocycles. The number of fused-ring (bicyclic) bond motifs is 1. The Hall–Kier alpha value is -4.03. The van der Waals surface area contributed by atoms with Gasteiger partial charge in [-0.05, 0) is 30.3 Å². The second-order valence-corrected chi connectivity index (χ2v) is 10.7. The average molecular weight is 525 g/mol. The van der Waals surface area contributed by atoms with Gasteiger partial charge in [0, 0.05) is 42.8 Å². The van der Waals surface area contributed by atoms with Crippen LogP contribution in [0.2, 0.25) is 0 Å². The minimum atomic E-state index is -3.31. The van der Waals surface area contributed by atoms with E-state index in [1.165, 1.54) is 23.7 Å². The molecule has 0 saturated carbocycles.